The van der Waals surface area contributed by atoms with Gasteiger partial charge in [0.15, 0.2) is 0 Å². The van der Waals surface area contributed by atoms with Crippen LogP contribution in [0, 0.1) is 0 Å². The fraction of sp³-hybridized carbons (Fsp3) is 0.500. The van der Waals surface area contributed by atoms with Gasteiger partial charge in [-0.1, -0.05) is 6.07 Å². The van der Waals surface area contributed by atoms with Gasteiger partial charge >= 0.3 is 0 Å². The van der Waals surface area contributed by atoms with Crippen LogP contribution in [0.15, 0.2) is 17.5 Å². The smallest absolute Gasteiger partial charge is 0.246 e. The van der Waals surface area contributed by atoms with E-state index in [4.69, 9.17) is 0 Å². The van der Waals surface area contributed by atoms with Crippen molar-refractivity contribution in [3.05, 3.63) is 22.4 Å². The minimum absolute atomic E-state index is 0.0548. The lowest BCUT2D eigenvalue weighted by Gasteiger charge is -2.36. The van der Waals surface area contributed by atoms with Crippen LogP contribution in [-0.4, -0.2) is 47.3 Å². The van der Waals surface area contributed by atoms with Crippen molar-refractivity contribution in [1.29, 1.82) is 0 Å². The number of rotatable bonds is 3. The van der Waals surface area contributed by atoms with E-state index in [1.54, 1.807) is 16.2 Å². The van der Waals surface area contributed by atoms with E-state index in [2.05, 4.69) is 10.6 Å². The summed E-state index contributed by atoms with van der Waals surface area (Å²) < 4.78 is 0. The molecule has 7 heteroatoms. The van der Waals surface area contributed by atoms with Crippen LogP contribution in [-0.2, 0) is 20.8 Å². The number of fused-ring (bicyclic) bond motifs is 1. The number of carbonyl (C=O) groups is 3. The molecule has 0 aromatic carbocycles. The van der Waals surface area contributed by atoms with Gasteiger partial charge in [-0.2, -0.15) is 0 Å². The van der Waals surface area contributed by atoms with Gasteiger partial charge in [0.1, 0.15) is 12.1 Å². The van der Waals surface area contributed by atoms with E-state index >= 15 is 0 Å². The van der Waals surface area contributed by atoms with Gasteiger partial charge in [-0.05, 0) is 17.9 Å². The lowest BCUT2D eigenvalue weighted by atomic mass is 10.0. The summed E-state index contributed by atoms with van der Waals surface area (Å²) in [5, 5.41) is 7.52. The number of hydrogen-bond acceptors (Lipinski definition) is 4. The first-order chi connectivity index (χ1) is 10.1. The summed E-state index contributed by atoms with van der Waals surface area (Å²) in [6.07, 6.45) is 1.14. The maximum atomic E-state index is 12.5. The van der Waals surface area contributed by atoms with E-state index in [0.717, 1.165) is 4.88 Å². The fourth-order valence-corrected chi connectivity index (χ4v) is 3.82. The zero-order chi connectivity index (χ0) is 15.0. The van der Waals surface area contributed by atoms with Crippen molar-refractivity contribution in [2.75, 3.05) is 6.54 Å². The fourth-order valence-electron chi connectivity index (χ4n) is 3.06. The molecule has 112 valence electrons. The van der Waals surface area contributed by atoms with Gasteiger partial charge in [0.25, 0.3) is 0 Å². The van der Waals surface area contributed by atoms with Crippen LogP contribution in [0.3, 0.4) is 0 Å². The molecular formula is C14H17N3O3S. The predicted octanol–water partition coefficient (Wildman–Crippen LogP) is -0.105. The molecule has 2 aliphatic rings. The second kappa shape index (κ2) is 5.48. The first-order valence-corrected chi connectivity index (χ1v) is 7.84. The van der Waals surface area contributed by atoms with Gasteiger partial charge in [0.05, 0.1) is 6.04 Å². The zero-order valence-electron chi connectivity index (χ0n) is 11.7. The Bertz CT molecular complexity index is 572. The largest absolute Gasteiger partial charge is 0.351 e. The van der Waals surface area contributed by atoms with E-state index < -0.39 is 12.1 Å². The standard InChI is InChI=1S/C14H17N3O3S/c1-8(18)15-10-4-5-17-12(10)13(19)16-11(14(17)20)7-9-3-2-6-21-9/h2-3,6,10-12H,4-5,7H2,1H3,(H,15,18)(H,16,19)/t10-,11-,12-/m0/s1. The maximum absolute atomic E-state index is 12.5. The Labute approximate surface area is 126 Å². The summed E-state index contributed by atoms with van der Waals surface area (Å²) in [5.41, 5.74) is 0. The van der Waals surface area contributed by atoms with Crippen LogP contribution in [0.4, 0.5) is 0 Å². The third-order valence-corrected chi connectivity index (χ3v) is 4.84. The molecule has 1 aromatic heterocycles. The highest BCUT2D eigenvalue weighted by molar-refractivity contribution is 7.09. The van der Waals surface area contributed by atoms with E-state index in [1.807, 2.05) is 17.5 Å². The molecular weight excluding hydrogens is 290 g/mol. The molecule has 3 heterocycles. The minimum Gasteiger partial charge on any atom is -0.351 e. The van der Waals surface area contributed by atoms with Crippen molar-refractivity contribution in [2.24, 2.45) is 0 Å². The third kappa shape index (κ3) is 2.65. The lowest BCUT2D eigenvalue weighted by molar-refractivity contribution is -0.147. The molecule has 3 amide bonds. The van der Waals surface area contributed by atoms with Gasteiger partial charge < -0.3 is 15.5 Å². The number of carbonyl (C=O) groups excluding carboxylic acids is 3. The van der Waals surface area contributed by atoms with Crippen LogP contribution >= 0.6 is 11.3 Å². The van der Waals surface area contributed by atoms with E-state index in [9.17, 15) is 14.4 Å². The molecule has 3 atom stereocenters. The molecule has 0 radical (unpaired) electrons. The Kier molecular flexibility index (Phi) is 3.67. The molecule has 2 aliphatic heterocycles. The van der Waals surface area contributed by atoms with Gasteiger partial charge in [0.2, 0.25) is 17.7 Å². The zero-order valence-corrected chi connectivity index (χ0v) is 12.5. The summed E-state index contributed by atoms with van der Waals surface area (Å²) in [7, 11) is 0. The number of thiophene rings is 1. The summed E-state index contributed by atoms with van der Waals surface area (Å²) >= 11 is 1.58. The van der Waals surface area contributed by atoms with Crippen LogP contribution in [0.5, 0.6) is 0 Å². The van der Waals surface area contributed by atoms with E-state index in [0.29, 0.717) is 19.4 Å². The quantitative estimate of drug-likeness (QED) is 0.818. The number of piperazine rings is 1. The third-order valence-electron chi connectivity index (χ3n) is 3.94. The molecule has 0 saturated carbocycles. The number of nitrogens with one attached hydrogen (secondary N) is 2. The monoisotopic (exact) mass is 307 g/mol. The SMILES string of the molecule is CC(=O)N[C@H]1CCN2C(=O)[C@H](Cc3cccs3)NC(=O)[C@H]12. The normalized spacial score (nSPS) is 28.2. The lowest BCUT2D eigenvalue weighted by Crippen LogP contribution is -2.65. The molecule has 0 bridgehead atoms. The summed E-state index contributed by atoms with van der Waals surface area (Å²) in [5.74, 6) is -0.406. The van der Waals surface area contributed by atoms with Crippen LogP contribution in [0.1, 0.15) is 18.2 Å². The van der Waals surface area contributed by atoms with E-state index in [-0.39, 0.29) is 23.8 Å². The van der Waals surface area contributed by atoms with Crippen LogP contribution in [0.2, 0.25) is 0 Å². The Morgan fingerprint density at radius 2 is 2.33 bits per heavy atom. The maximum Gasteiger partial charge on any atom is 0.246 e. The molecule has 2 N–H and O–H groups in total. The first kappa shape index (κ1) is 14.1. The Hall–Kier alpha value is -1.89. The Morgan fingerprint density at radius 1 is 1.52 bits per heavy atom. The molecule has 0 aliphatic carbocycles. The highest BCUT2D eigenvalue weighted by Crippen LogP contribution is 2.24. The van der Waals surface area contributed by atoms with Crippen molar-refractivity contribution in [1.82, 2.24) is 15.5 Å². The number of nitrogens with zero attached hydrogens (tertiary/aromatic N) is 1. The molecule has 0 unspecified atom stereocenters. The molecule has 0 spiro atoms. The first-order valence-electron chi connectivity index (χ1n) is 6.96. The molecule has 2 saturated heterocycles. The second-order valence-electron chi connectivity index (χ2n) is 5.42. The van der Waals surface area contributed by atoms with Gasteiger partial charge in [-0.15, -0.1) is 11.3 Å². The van der Waals surface area contributed by atoms with Gasteiger partial charge in [-0.25, -0.2) is 0 Å². The second-order valence-corrected chi connectivity index (χ2v) is 6.45. The average molecular weight is 307 g/mol. The van der Waals surface area contributed by atoms with Crippen molar-refractivity contribution in [3.63, 3.8) is 0 Å². The molecule has 1 aromatic rings. The van der Waals surface area contributed by atoms with Crippen molar-refractivity contribution in [3.8, 4) is 0 Å². The summed E-state index contributed by atoms with van der Waals surface area (Å²) in [6, 6.07) is 2.54. The Morgan fingerprint density at radius 3 is 3.00 bits per heavy atom. The van der Waals surface area contributed by atoms with Gasteiger partial charge in [0, 0.05) is 24.8 Å². The molecule has 2 fully saturated rings. The van der Waals surface area contributed by atoms with Crippen molar-refractivity contribution < 1.29 is 14.4 Å². The molecule has 6 nitrogen and oxygen atoms in total. The Balaban J connectivity index is 1.74. The highest BCUT2D eigenvalue weighted by Gasteiger charge is 2.48. The van der Waals surface area contributed by atoms with Crippen molar-refractivity contribution in [2.45, 2.75) is 37.9 Å². The number of amides is 3. The van der Waals surface area contributed by atoms with E-state index in [1.165, 1.54) is 6.92 Å². The molecule has 21 heavy (non-hydrogen) atoms. The van der Waals surface area contributed by atoms with Gasteiger partial charge in [-0.3, -0.25) is 14.4 Å². The number of hydrogen-bond donors (Lipinski definition) is 2. The molecule has 3 rings (SSSR count). The summed E-state index contributed by atoms with van der Waals surface area (Å²) in [6.45, 7) is 1.94. The summed E-state index contributed by atoms with van der Waals surface area (Å²) in [4.78, 5) is 38.7. The van der Waals surface area contributed by atoms with Crippen LogP contribution < -0.4 is 10.6 Å². The van der Waals surface area contributed by atoms with Crippen molar-refractivity contribution >= 4 is 29.1 Å². The predicted molar refractivity (Wildman–Crippen MR) is 77.7 cm³/mol. The topological polar surface area (TPSA) is 78.5 Å². The van der Waals surface area contributed by atoms with Crippen LogP contribution in [0.25, 0.3) is 0 Å². The highest BCUT2D eigenvalue weighted by atomic mass is 32.1. The average Bonchev–Trinajstić information content (AvgIpc) is 3.05. The minimum atomic E-state index is -0.569.